The van der Waals surface area contributed by atoms with E-state index in [4.69, 9.17) is 9.47 Å². The minimum atomic E-state index is -4.60. The lowest BCUT2D eigenvalue weighted by Crippen LogP contribution is -2.36. The van der Waals surface area contributed by atoms with Crippen molar-refractivity contribution >= 4 is 17.3 Å². The second-order valence-corrected chi connectivity index (χ2v) is 6.01. The number of carbonyl (C=O) groups is 1. The molecule has 0 radical (unpaired) electrons. The van der Waals surface area contributed by atoms with Crippen molar-refractivity contribution in [1.82, 2.24) is 0 Å². The van der Waals surface area contributed by atoms with E-state index in [2.05, 4.69) is 5.32 Å². The summed E-state index contributed by atoms with van der Waals surface area (Å²) in [5.41, 5.74) is -0.514. The summed E-state index contributed by atoms with van der Waals surface area (Å²) in [4.78, 5) is 14.2. The average Bonchev–Trinajstić information content (AvgIpc) is 2.68. The number of hydrogen-bond donors (Lipinski definition) is 1. The Hall–Kier alpha value is -2.74. The SMILES string of the molecule is COc1cccc(C(=O)Nc2ccc(N3CCOCC3)cc2C(F)(F)F)c1. The zero-order chi connectivity index (χ0) is 19.4. The first-order valence-electron chi connectivity index (χ1n) is 8.38. The number of benzene rings is 2. The van der Waals surface area contributed by atoms with Gasteiger partial charge in [-0.2, -0.15) is 13.2 Å². The number of morpholine rings is 1. The zero-order valence-electron chi connectivity index (χ0n) is 14.7. The van der Waals surface area contributed by atoms with E-state index in [1.807, 2.05) is 4.90 Å². The van der Waals surface area contributed by atoms with Gasteiger partial charge in [0, 0.05) is 24.3 Å². The van der Waals surface area contributed by atoms with E-state index in [1.54, 1.807) is 18.2 Å². The van der Waals surface area contributed by atoms with Gasteiger partial charge in [-0.15, -0.1) is 0 Å². The second kappa shape index (κ2) is 7.87. The monoisotopic (exact) mass is 380 g/mol. The number of halogens is 3. The summed E-state index contributed by atoms with van der Waals surface area (Å²) in [5, 5.41) is 2.36. The van der Waals surface area contributed by atoms with Gasteiger partial charge < -0.3 is 19.7 Å². The molecule has 1 N–H and O–H groups in total. The normalized spacial score (nSPS) is 14.7. The van der Waals surface area contributed by atoms with Gasteiger partial charge in [-0.25, -0.2) is 0 Å². The maximum atomic E-state index is 13.6. The predicted molar refractivity (Wildman–Crippen MR) is 95.4 cm³/mol. The molecule has 0 aromatic heterocycles. The number of methoxy groups -OCH3 is 1. The minimum Gasteiger partial charge on any atom is -0.497 e. The molecule has 8 heteroatoms. The number of alkyl halides is 3. The molecule has 0 unspecified atom stereocenters. The highest BCUT2D eigenvalue weighted by molar-refractivity contribution is 6.05. The standard InChI is InChI=1S/C19H19F3N2O3/c1-26-15-4-2-3-13(11-15)18(25)23-17-6-5-14(12-16(17)19(20,21)22)24-7-9-27-10-8-24/h2-6,11-12H,7-10H2,1H3,(H,23,25). The topological polar surface area (TPSA) is 50.8 Å². The smallest absolute Gasteiger partial charge is 0.418 e. The molecule has 27 heavy (non-hydrogen) atoms. The molecule has 1 aliphatic heterocycles. The van der Waals surface area contributed by atoms with Gasteiger partial charge in [0.1, 0.15) is 5.75 Å². The number of amides is 1. The van der Waals surface area contributed by atoms with E-state index in [9.17, 15) is 18.0 Å². The van der Waals surface area contributed by atoms with Gasteiger partial charge in [0.25, 0.3) is 5.91 Å². The Balaban J connectivity index is 1.88. The highest BCUT2D eigenvalue weighted by atomic mass is 19.4. The Bertz CT molecular complexity index is 818. The van der Waals surface area contributed by atoms with Gasteiger partial charge in [-0.3, -0.25) is 4.79 Å². The lowest BCUT2D eigenvalue weighted by Gasteiger charge is -2.29. The van der Waals surface area contributed by atoms with Gasteiger partial charge in [0.05, 0.1) is 31.6 Å². The molecule has 3 rings (SSSR count). The van der Waals surface area contributed by atoms with Gasteiger partial charge in [0.15, 0.2) is 0 Å². The number of ether oxygens (including phenoxy) is 2. The molecular weight excluding hydrogens is 361 g/mol. The summed E-state index contributed by atoms with van der Waals surface area (Å²) in [6.07, 6.45) is -4.60. The van der Waals surface area contributed by atoms with Gasteiger partial charge in [0.2, 0.25) is 0 Å². The Morgan fingerprint density at radius 1 is 1.15 bits per heavy atom. The van der Waals surface area contributed by atoms with Crippen molar-refractivity contribution in [3.05, 3.63) is 53.6 Å². The maximum absolute atomic E-state index is 13.6. The summed E-state index contributed by atoms with van der Waals surface area (Å²) < 4.78 is 50.9. The Morgan fingerprint density at radius 2 is 1.89 bits per heavy atom. The minimum absolute atomic E-state index is 0.208. The fourth-order valence-corrected chi connectivity index (χ4v) is 2.85. The molecular formula is C19H19F3N2O3. The lowest BCUT2D eigenvalue weighted by molar-refractivity contribution is -0.136. The van der Waals surface area contributed by atoms with Crippen LogP contribution in [0.15, 0.2) is 42.5 Å². The number of anilines is 2. The zero-order valence-corrected chi connectivity index (χ0v) is 14.7. The molecule has 1 heterocycles. The number of rotatable bonds is 4. The lowest BCUT2D eigenvalue weighted by atomic mass is 10.1. The summed E-state index contributed by atoms with van der Waals surface area (Å²) in [5.74, 6) is -0.195. The molecule has 0 atom stereocenters. The van der Waals surface area contributed by atoms with Crippen molar-refractivity contribution in [2.45, 2.75) is 6.18 Å². The van der Waals surface area contributed by atoms with Crippen LogP contribution >= 0.6 is 0 Å². The Labute approximate surface area is 154 Å². The molecule has 144 valence electrons. The second-order valence-electron chi connectivity index (χ2n) is 6.01. The van der Waals surface area contributed by atoms with Crippen LogP contribution in [0.1, 0.15) is 15.9 Å². The van der Waals surface area contributed by atoms with Crippen molar-refractivity contribution in [2.24, 2.45) is 0 Å². The van der Waals surface area contributed by atoms with Crippen LogP contribution in [0.25, 0.3) is 0 Å². The predicted octanol–water partition coefficient (Wildman–Crippen LogP) is 3.80. The van der Waals surface area contributed by atoms with Crippen LogP contribution in [-0.4, -0.2) is 39.3 Å². The molecule has 0 bridgehead atoms. The molecule has 1 amide bonds. The molecule has 1 fully saturated rings. The Morgan fingerprint density at radius 3 is 2.56 bits per heavy atom. The summed E-state index contributed by atoms with van der Waals surface area (Å²) >= 11 is 0. The third kappa shape index (κ3) is 4.51. The molecule has 0 saturated carbocycles. The third-order valence-corrected chi connectivity index (χ3v) is 4.26. The van der Waals surface area contributed by atoms with Gasteiger partial charge in [-0.1, -0.05) is 6.07 Å². The quantitative estimate of drug-likeness (QED) is 0.877. The third-order valence-electron chi connectivity index (χ3n) is 4.26. The van der Waals surface area contributed by atoms with Crippen LogP contribution in [0.3, 0.4) is 0 Å². The summed E-state index contributed by atoms with van der Waals surface area (Å²) in [7, 11) is 1.45. The highest BCUT2D eigenvalue weighted by Crippen LogP contribution is 2.37. The first kappa shape index (κ1) is 19.0. The highest BCUT2D eigenvalue weighted by Gasteiger charge is 2.35. The maximum Gasteiger partial charge on any atom is 0.418 e. The first-order valence-corrected chi connectivity index (χ1v) is 8.38. The van der Waals surface area contributed by atoms with Crippen molar-refractivity contribution in [3.63, 3.8) is 0 Å². The first-order chi connectivity index (χ1) is 12.9. The molecule has 0 aliphatic carbocycles. The van der Waals surface area contributed by atoms with Crippen LogP contribution in [-0.2, 0) is 10.9 Å². The molecule has 2 aromatic carbocycles. The molecule has 5 nitrogen and oxygen atoms in total. The van der Waals surface area contributed by atoms with Crippen molar-refractivity contribution in [3.8, 4) is 5.75 Å². The van der Waals surface area contributed by atoms with E-state index in [0.29, 0.717) is 37.7 Å². The Kier molecular flexibility index (Phi) is 5.55. The molecule has 2 aromatic rings. The van der Waals surface area contributed by atoms with E-state index < -0.39 is 17.6 Å². The van der Waals surface area contributed by atoms with Crippen molar-refractivity contribution in [1.29, 1.82) is 0 Å². The fourth-order valence-electron chi connectivity index (χ4n) is 2.85. The van der Waals surface area contributed by atoms with Crippen LogP contribution in [0.5, 0.6) is 5.75 Å². The number of hydrogen-bond acceptors (Lipinski definition) is 4. The van der Waals surface area contributed by atoms with Gasteiger partial charge in [-0.05, 0) is 36.4 Å². The molecule has 1 saturated heterocycles. The molecule has 1 aliphatic rings. The van der Waals surface area contributed by atoms with E-state index in [-0.39, 0.29) is 11.3 Å². The fraction of sp³-hybridized carbons (Fsp3) is 0.316. The van der Waals surface area contributed by atoms with E-state index in [0.717, 1.165) is 6.07 Å². The van der Waals surface area contributed by atoms with E-state index in [1.165, 1.54) is 25.3 Å². The summed E-state index contributed by atoms with van der Waals surface area (Å²) in [6, 6.07) is 10.1. The number of nitrogens with zero attached hydrogens (tertiary/aromatic N) is 1. The van der Waals surface area contributed by atoms with Crippen molar-refractivity contribution < 1.29 is 27.4 Å². The van der Waals surface area contributed by atoms with E-state index >= 15 is 0 Å². The average molecular weight is 380 g/mol. The van der Waals surface area contributed by atoms with Crippen LogP contribution in [0.4, 0.5) is 24.5 Å². The van der Waals surface area contributed by atoms with Crippen LogP contribution in [0, 0.1) is 0 Å². The molecule has 0 spiro atoms. The summed E-state index contributed by atoms with van der Waals surface area (Å²) in [6.45, 7) is 1.98. The van der Waals surface area contributed by atoms with Crippen molar-refractivity contribution in [2.75, 3.05) is 43.6 Å². The van der Waals surface area contributed by atoms with Gasteiger partial charge >= 0.3 is 6.18 Å². The van der Waals surface area contributed by atoms with Crippen LogP contribution < -0.4 is 15.0 Å². The number of carbonyl (C=O) groups excluding carboxylic acids is 1. The largest absolute Gasteiger partial charge is 0.497 e. The number of nitrogens with one attached hydrogen (secondary N) is 1. The van der Waals surface area contributed by atoms with Crippen LogP contribution in [0.2, 0.25) is 0 Å².